The van der Waals surface area contributed by atoms with E-state index in [2.05, 4.69) is 27.8 Å². The molecule has 1 aromatic rings. The van der Waals surface area contributed by atoms with Gasteiger partial charge >= 0.3 is 5.97 Å². The van der Waals surface area contributed by atoms with Crippen molar-refractivity contribution in [2.45, 2.75) is 25.4 Å². The van der Waals surface area contributed by atoms with Gasteiger partial charge in [0.1, 0.15) is 12.4 Å². The standard InChI is InChI=1S/C15H18BrNO4/c1-9-7-21-14-6-12(16)11(15(18)19-2)5-13(14)17(9)10-3-4-20-8-10/h5-6,9-10H,3-4,7-8H2,1-2H3. The zero-order valence-electron chi connectivity index (χ0n) is 12.1. The van der Waals surface area contributed by atoms with Crippen molar-refractivity contribution in [2.24, 2.45) is 0 Å². The van der Waals surface area contributed by atoms with Gasteiger partial charge in [-0.3, -0.25) is 0 Å². The zero-order chi connectivity index (χ0) is 15.0. The van der Waals surface area contributed by atoms with Crippen LogP contribution in [0.5, 0.6) is 5.75 Å². The van der Waals surface area contributed by atoms with Crippen molar-refractivity contribution in [1.82, 2.24) is 0 Å². The minimum atomic E-state index is -0.356. The highest BCUT2D eigenvalue weighted by Gasteiger charge is 2.33. The van der Waals surface area contributed by atoms with Crippen molar-refractivity contribution in [3.8, 4) is 5.75 Å². The van der Waals surface area contributed by atoms with Gasteiger partial charge in [-0.25, -0.2) is 4.79 Å². The molecule has 2 heterocycles. The third-order valence-electron chi connectivity index (χ3n) is 3.99. The van der Waals surface area contributed by atoms with E-state index in [1.807, 2.05) is 12.1 Å². The quantitative estimate of drug-likeness (QED) is 0.763. The number of halogens is 1. The van der Waals surface area contributed by atoms with Crippen molar-refractivity contribution >= 4 is 27.6 Å². The molecule has 0 spiro atoms. The van der Waals surface area contributed by atoms with Crippen molar-refractivity contribution < 1.29 is 19.0 Å². The second-order valence-corrected chi connectivity index (χ2v) is 6.23. The van der Waals surface area contributed by atoms with Gasteiger partial charge in [0.15, 0.2) is 0 Å². The molecular weight excluding hydrogens is 338 g/mol. The van der Waals surface area contributed by atoms with Crippen molar-refractivity contribution in [3.63, 3.8) is 0 Å². The summed E-state index contributed by atoms with van der Waals surface area (Å²) in [5.74, 6) is 0.435. The maximum absolute atomic E-state index is 11.9. The predicted molar refractivity (Wildman–Crippen MR) is 82.1 cm³/mol. The topological polar surface area (TPSA) is 48.0 Å². The number of rotatable bonds is 2. The lowest BCUT2D eigenvalue weighted by atomic mass is 10.1. The fraction of sp³-hybridized carbons (Fsp3) is 0.533. The van der Waals surface area contributed by atoms with E-state index >= 15 is 0 Å². The first kappa shape index (κ1) is 14.7. The zero-order valence-corrected chi connectivity index (χ0v) is 13.7. The Bertz CT molecular complexity index is 557. The molecule has 0 radical (unpaired) electrons. The first-order valence-corrected chi connectivity index (χ1v) is 7.82. The number of hydrogen-bond donors (Lipinski definition) is 0. The highest BCUT2D eigenvalue weighted by molar-refractivity contribution is 9.10. The van der Waals surface area contributed by atoms with E-state index in [-0.39, 0.29) is 12.0 Å². The van der Waals surface area contributed by atoms with E-state index in [1.165, 1.54) is 7.11 Å². The fourth-order valence-corrected chi connectivity index (χ4v) is 3.44. The van der Waals surface area contributed by atoms with Crippen LogP contribution >= 0.6 is 15.9 Å². The molecule has 2 unspecified atom stereocenters. The van der Waals surface area contributed by atoms with Crippen LogP contribution < -0.4 is 9.64 Å². The van der Waals surface area contributed by atoms with Crippen LogP contribution in [0.2, 0.25) is 0 Å². The fourth-order valence-electron chi connectivity index (χ4n) is 2.95. The molecule has 1 aromatic carbocycles. The maximum Gasteiger partial charge on any atom is 0.339 e. The Morgan fingerprint density at radius 1 is 1.43 bits per heavy atom. The van der Waals surface area contributed by atoms with E-state index in [0.29, 0.717) is 29.3 Å². The molecular formula is C15H18BrNO4. The van der Waals surface area contributed by atoms with Gasteiger partial charge in [0.05, 0.1) is 37.1 Å². The molecule has 0 saturated carbocycles. The number of fused-ring (bicyclic) bond motifs is 1. The number of nitrogens with zero attached hydrogens (tertiary/aromatic N) is 1. The molecule has 2 aliphatic rings. The van der Waals surface area contributed by atoms with Gasteiger partial charge < -0.3 is 19.1 Å². The lowest BCUT2D eigenvalue weighted by molar-refractivity contribution is 0.0599. The predicted octanol–water partition coefficient (Wildman–Crippen LogP) is 2.61. The van der Waals surface area contributed by atoms with Crippen molar-refractivity contribution in [1.29, 1.82) is 0 Å². The number of carbonyl (C=O) groups is 1. The normalized spacial score (nSPS) is 24.4. The minimum Gasteiger partial charge on any atom is -0.489 e. The summed E-state index contributed by atoms with van der Waals surface area (Å²) in [6.07, 6.45) is 0.993. The highest BCUT2D eigenvalue weighted by Crippen LogP contribution is 2.40. The Morgan fingerprint density at radius 3 is 2.90 bits per heavy atom. The monoisotopic (exact) mass is 355 g/mol. The largest absolute Gasteiger partial charge is 0.489 e. The lowest BCUT2D eigenvalue weighted by Gasteiger charge is -2.40. The second kappa shape index (κ2) is 5.85. The van der Waals surface area contributed by atoms with E-state index in [4.69, 9.17) is 14.2 Å². The SMILES string of the molecule is COC(=O)c1cc2c(cc1Br)OCC(C)N2C1CCOC1. The Balaban J connectivity index is 2.04. The highest BCUT2D eigenvalue weighted by atomic mass is 79.9. The van der Waals surface area contributed by atoms with Crippen LogP contribution in [-0.2, 0) is 9.47 Å². The molecule has 0 aromatic heterocycles. The van der Waals surface area contributed by atoms with Crippen LogP contribution in [0, 0.1) is 0 Å². The third kappa shape index (κ3) is 2.62. The molecule has 0 bridgehead atoms. The summed E-state index contributed by atoms with van der Waals surface area (Å²) in [5.41, 5.74) is 1.45. The van der Waals surface area contributed by atoms with Crippen molar-refractivity contribution in [3.05, 3.63) is 22.2 Å². The number of ether oxygens (including phenoxy) is 3. The Kier molecular flexibility index (Phi) is 4.08. The number of methoxy groups -OCH3 is 1. The van der Waals surface area contributed by atoms with E-state index < -0.39 is 0 Å². The summed E-state index contributed by atoms with van der Waals surface area (Å²) in [6, 6.07) is 4.26. The molecule has 2 atom stereocenters. The van der Waals surface area contributed by atoms with Gasteiger partial charge in [-0.05, 0) is 41.4 Å². The van der Waals surface area contributed by atoms with Crippen molar-refractivity contribution in [2.75, 3.05) is 31.8 Å². The summed E-state index contributed by atoms with van der Waals surface area (Å²) in [4.78, 5) is 14.2. The average Bonchev–Trinajstić information content (AvgIpc) is 3.00. The van der Waals surface area contributed by atoms with E-state index in [0.717, 1.165) is 24.5 Å². The summed E-state index contributed by atoms with van der Waals surface area (Å²) < 4.78 is 16.9. The molecule has 1 saturated heterocycles. The van der Waals surface area contributed by atoms with Crippen LogP contribution in [-0.4, -0.2) is 45.0 Å². The molecule has 114 valence electrons. The van der Waals surface area contributed by atoms with Crippen LogP contribution in [0.4, 0.5) is 5.69 Å². The second-order valence-electron chi connectivity index (χ2n) is 5.38. The third-order valence-corrected chi connectivity index (χ3v) is 4.64. The summed E-state index contributed by atoms with van der Waals surface area (Å²) in [5, 5.41) is 0. The molecule has 0 amide bonds. The van der Waals surface area contributed by atoms with Crippen LogP contribution in [0.15, 0.2) is 16.6 Å². The molecule has 21 heavy (non-hydrogen) atoms. The van der Waals surface area contributed by atoms with Gasteiger partial charge in [0, 0.05) is 11.1 Å². The smallest absolute Gasteiger partial charge is 0.339 e. The van der Waals surface area contributed by atoms with Crippen LogP contribution in [0.1, 0.15) is 23.7 Å². The minimum absolute atomic E-state index is 0.246. The van der Waals surface area contributed by atoms with Crippen LogP contribution in [0.3, 0.4) is 0 Å². The van der Waals surface area contributed by atoms with Crippen LogP contribution in [0.25, 0.3) is 0 Å². The Labute approximate surface area is 132 Å². The number of anilines is 1. The molecule has 0 N–H and O–H groups in total. The van der Waals surface area contributed by atoms with Gasteiger partial charge in [0.2, 0.25) is 0 Å². The molecule has 5 nitrogen and oxygen atoms in total. The van der Waals surface area contributed by atoms with Gasteiger partial charge in [-0.1, -0.05) is 0 Å². The summed E-state index contributed by atoms with van der Waals surface area (Å²) in [6.45, 7) is 4.26. The number of carbonyl (C=O) groups excluding carboxylic acids is 1. The van der Waals surface area contributed by atoms with Gasteiger partial charge in [-0.15, -0.1) is 0 Å². The van der Waals surface area contributed by atoms with Gasteiger partial charge in [0.25, 0.3) is 0 Å². The average molecular weight is 356 g/mol. The summed E-state index contributed by atoms with van der Waals surface area (Å²) in [7, 11) is 1.38. The summed E-state index contributed by atoms with van der Waals surface area (Å²) >= 11 is 3.41. The molecule has 0 aliphatic carbocycles. The number of benzene rings is 1. The first-order valence-electron chi connectivity index (χ1n) is 7.02. The number of hydrogen-bond acceptors (Lipinski definition) is 5. The molecule has 6 heteroatoms. The molecule has 2 aliphatic heterocycles. The van der Waals surface area contributed by atoms with Gasteiger partial charge in [-0.2, -0.15) is 0 Å². The maximum atomic E-state index is 11.9. The van der Waals surface area contributed by atoms with E-state index in [9.17, 15) is 4.79 Å². The number of esters is 1. The lowest BCUT2D eigenvalue weighted by Crippen LogP contribution is -2.48. The molecule has 3 rings (SSSR count). The Morgan fingerprint density at radius 2 is 2.24 bits per heavy atom. The Hall–Kier alpha value is -1.27. The van der Waals surface area contributed by atoms with E-state index in [1.54, 1.807) is 0 Å². The first-order chi connectivity index (χ1) is 10.1. The molecule has 1 fully saturated rings.